The zero-order valence-electron chi connectivity index (χ0n) is 17.5. The summed E-state index contributed by atoms with van der Waals surface area (Å²) in [7, 11) is 0. The molecule has 0 saturated carbocycles. The Kier molecular flexibility index (Phi) is 9.45. The highest BCUT2D eigenvalue weighted by Crippen LogP contribution is 2.19. The van der Waals surface area contributed by atoms with Gasteiger partial charge in [-0.2, -0.15) is 0 Å². The summed E-state index contributed by atoms with van der Waals surface area (Å²) in [5.41, 5.74) is 1.62. The molecule has 0 aliphatic heterocycles. The topological polar surface area (TPSA) is 92.6 Å². The first-order valence-corrected chi connectivity index (χ1v) is 11.1. The van der Waals surface area contributed by atoms with Gasteiger partial charge in [0.05, 0.1) is 10.7 Å². The number of halogens is 1. The highest BCUT2D eigenvalue weighted by molar-refractivity contribution is 7.99. The third-order valence-electron chi connectivity index (χ3n) is 4.64. The van der Waals surface area contributed by atoms with E-state index in [9.17, 15) is 24.1 Å². The van der Waals surface area contributed by atoms with E-state index in [-0.39, 0.29) is 35.6 Å². The number of carbonyl (C=O) groups is 2. The number of carbonyl (C=O) groups excluding carboxylic acids is 2. The summed E-state index contributed by atoms with van der Waals surface area (Å²) in [5.74, 6) is -0.133. The van der Waals surface area contributed by atoms with Crippen molar-refractivity contribution in [2.24, 2.45) is 0 Å². The Morgan fingerprint density at radius 1 is 1.10 bits per heavy atom. The summed E-state index contributed by atoms with van der Waals surface area (Å²) in [6.07, 6.45) is 0.450. The number of nitro benzene ring substituents is 1. The van der Waals surface area contributed by atoms with E-state index in [0.717, 1.165) is 11.1 Å². The van der Waals surface area contributed by atoms with E-state index in [2.05, 4.69) is 5.32 Å². The summed E-state index contributed by atoms with van der Waals surface area (Å²) in [5, 5.41) is 13.5. The molecule has 1 atom stereocenters. The average molecular weight is 448 g/mol. The van der Waals surface area contributed by atoms with Crippen LogP contribution in [0.3, 0.4) is 0 Å². The van der Waals surface area contributed by atoms with Gasteiger partial charge in [-0.15, -0.1) is 11.8 Å². The van der Waals surface area contributed by atoms with E-state index in [0.29, 0.717) is 18.7 Å². The van der Waals surface area contributed by atoms with Gasteiger partial charge in [-0.1, -0.05) is 31.2 Å². The number of nitro groups is 1. The molecule has 9 heteroatoms. The summed E-state index contributed by atoms with van der Waals surface area (Å²) < 4.78 is 13.2. The van der Waals surface area contributed by atoms with Gasteiger partial charge in [0.25, 0.3) is 5.69 Å². The molecule has 0 aliphatic rings. The SMILES string of the molecule is CCNC(=O)[C@H](CC)N(Cc1ccc(F)cc1)C(=O)CSCc1ccc([N+](=O)[O-])cc1. The summed E-state index contributed by atoms with van der Waals surface area (Å²) in [6.45, 7) is 4.32. The van der Waals surface area contributed by atoms with Gasteiger partial charge in [-0.3, -0.25) is 19.7 Å². The van der Waals surface area contributed by atoms with E-state index >= 15 is 0 Å². The monoisotopic (exact) mass is 447 g/mol. The molecule has 0 aromatic heterocycles. The summed E-state index contributed by atoms with van der Waals surface area (Å²) in [6, 6.07) is 11.4. The van der Waals surface area contributed by atoms with Crippen molar-refractivity contribution in [3.05, 3.63) is 75.6 Å². The minimum Gasteiger partial charge on any atom is -0.355 e. The standard InChI is InChI=1S/C22H26FN3O4S/c1-3-20(22(28)24-4-2)25(13-16-5-9-18(23)10-6-16)21(27)15-31-14-17-7-11-19(12-8-17)26(29)30/h5-12,20H,3-4,13-15H2,1-2H3,(H,24,28)/t20-/m0/s1. The largest absolute Gasteiger partial charge is 0.355 e. The third-order valence-corrected chi connectivity index (χ3v) is 5.63. The maximum Gasteiger partial charge on any atom is 0.269 e. The van der Waals surface area contributed by atoms with Crippen molar-refractivity contribution in [2.45, 2.75) is 38.6 Å². The fourth-order valence-corrected chi connectivity index (χ4v) is 3.92. The van der Waals surface area contributed by atoms with Crippen LogP contribution in [-0.2, 0) is 21.9 Å². The third kappa shape index (κ3) is 7.36. The van der Waals surface area contributed by atoms with Gasteiger partial charge in [-0.05, 0) is 36.6 Å². The Morgan fingerprint density at radius 2 is 1.71 bits per heavy atom. The molecule has 0 heterocycles. The minimum atomic E-state index is -0.627. The average Bonchev–Trinajstić information content (AvgIpc) is 2.75. The van der Waals surface area contributed by atoms with E-state index in [1.807, 2.05) is 13.8 Å². The summed E-state index contributed by atoms with van der Waals surface area (Å²) >= 11 is 1.37. The van der Waals surface area contributed by atoms with Crippen molar-refractivity contribution in [2.75, 3.05) is 12.3 Å². The molecule has 0 spiro atoms. The smallest absolute Gasteiger partial charge is 0.269 e. The van der Waals surface area contributed by atoms with Crippen molar-refractivity contribution >= 4 is 29.3 Å². The van der Waals surface area contributed by atoms with Crippen LogP contribution in [0, 0.1) is 15.9 Å². The fourth-order valence-electron chi connectivity index (χ4n) is 3.05. The Hall–Kier alpha value is -2.94. The summed E-state index contributed by atoms with van der Waals surface area (Å²) in [4.78, 5) is 37.4. The van der Waals surface area contributed by atoms with Crippen LogP contribution in [0.15, 0.2) is 48.5 Å². The molecule has 0 unspecified atom stereocenters. The van der Waals surface area contributed by atoms with Crippen LogP contribution in [-0.4, -0.2) is 40.0 Å². The highest BCUT2D eigenvalue weighted by Gasteiger charge is 2.28. The Morgan fingerprint density at radius 3 is 2.26 bits per heavy atom. The van der Waals surface area contributed by atoms with Crippen LogP contribution >= 0.6 is 11.8 Å². The lowest BCUT2D eigenvalue weighted by Gasteiger charge is -2.30. The molecule has 0 fully saturated rings. The molecule has 7 nitrogen and oxygen atoms in total. The fraction of sp³-hybridized carbons (Fsp3) is 0.364. The van der Waals surface area contributed by atoms with Gasteiger partial charge in [0.1, 0.15) is 11.9 Å². The van der Waals surface area contributed by atoms with Crippen LogP contribution in [0.25, 0.3) is 0 Å². The number of rotatable bonds is 11. The molecule has 0 radical (unpaired) electrons. The van der Waals surface area contributed by atoms with E-state index in [1.54, 1.807) is 24.3 Å². The van der Waals surface area contributed by atoms with Crippen LogP contribution in [0.5, 0.6) is 0 Å². The molecule has 0 bridgehead atoms. The van der Waals surface area contributed by atoms with Gasteiger partial charge < -0.3 is 10.2 Å². The lowest BCUT2D eigenvalue weighted by molar-refractivity contribution is -0.384. The Labute approximate surface area is 185 Å². The predicted octanol–water partition coefficient (Wildman–Crippen LogP) is 3.91. The van der Waals surface area contributed by atoms with Crippen molar-refractivity contribution in [3.63, 3.8) is 0 Å². The second-order valence-corrected chi connectivity index (χ2v) is 7.87. The number of nitrogens with one attached hydrogen (secondary N) is 1. The van der Waals surface area contributed by atoms with Crippen LogP contribution < -0.4 is 5.32 Å². The number of hydrogen-bond acceptors (Lipinski definition) is 5. The second-order valence-electron chi connectivity index (χ2n) is 6.88. The van der Waals surface area contributed by atoms with Gasteiger partial charge in [-0.25, -0.2) is 4.39 Å². The zero-order valence-corrected chi connectivity index (χ0v) is 18.4. The number of likely N-dealkylation sites (N-methyl/N-ethyl adjacent to an activating group) is 1. The molecule has 2 amide bonds. The van der Waals surface area contributed by atoms with Crippen molar-refractivity contribution in [1.82, 2.24) is 10.2 Å². The van der Waals surface area contributed by atoms with Crippen LogP contribution in [0.4, 0.5) is 10.1 Å². The van der Waals surface area contributed by atoms with Crippen LogP contribution in [0.1, 0.15) is 31.4 Å². The van der Waals surface area contributed by atoms with E-state index in [4.69, 9.17) is 0 Å². The van der Waals surface area contributed by atoms with E-state index < -0.39 is 11.0 Å². The quantitative estimate of drug-likeness (QED) is 0.416. The van der Waals surface area contributed by atoms with Gasteiger partial charge in [0, 0.05) is 31.0 Å². The second kappa shape index (κ2) is 12.0. The molecule has 2 aromatic carbocycles. The molecule has 0 aliphatic carbocycles. The number of non-ortho nitro benzene ring substituents is 1. The number of benzene rings is 2. The number of nitrogens with zero attached hydrogens (tertiary/aromatic N) is 2. The number of hydrogen-bond donors (Lipinski definition) is 1. The molecule has 2 rings (SSSR count). The Balaban J connectivity index is 2.07. The normalized spacial score (nSPS) is 11.6. The van der Waals surface area contributed by atoms with Crippen molar-refractivity contribution in [1.29, 1.82) is 0 Å². The maximum absolute atomic E-state index is 13.2. The molecule has 166 valence electrons. The maximum atomic E-state index is 13.2. The molecule has 1 N–H and O–H groups in total. The number of thioether (sulfide) groups is 1. The molecule has 2 aromatic rings. The molecule has 31 heavy (non-hydrogen) atoms. The Bertz CT molecular complexity index is 891. The lowest BCUT2D eigenvalue weighted by Crippen LogP contribution is -2.49. The van der Waals surface area contributed by atoms with Crippen molar-refractivity contribution < 1.29 is 18.9 Å². The van der Waals surface area contributed by atoms with Crippen LogP contribution in [0.2, 0.25) is 0 Å². The first-order valence-electron chi connectivity index (χ1n) is 9.98. The molecule has 0 saturated heterocycles. The van der Waals surface area contributed by atoms with Gasteiger partial charge >= 0.3 is 0 Å². The predicted molar refractivity (Wildman–Crippen MR) is 119 cm³/mol. The number of amides is 2. The van der Waals surface area contributed by atoms with Gasteiger partial charge in [0.2, 0.25) is 11.8 Å². The zero-order chi connectivity index (χ0) is 22.8. The van der Waals surface area contributed by atoms with E-state index in [1.165, 1.54) is 40.9 Å². The van der Waals surface area contributed by atoms with Crippen molar-refractivity contribution in [3.8, 4) is 0 Å². The molecular weight excluding hydrogens is 421 g/mol. The first-order chi connectivity index (χ1) is 14.8. The lowest BCUT2D eigenvalue weighted by atomic mass is 10.1. The molecular formula is C22H26FN3O4S. The van der Waals surface area contributed by atoms with Gasteiger partial charge in [0.15, 0.2) is 0 Å². The minimum absolute atomic E-state index is 0.0167. The highest BCUT2D eigenvalue weighted by atomic mass is 32.2. The first kappa shape index (κ1) is 24.3.